The van der Waals surface area contributed by atoms with Crippen LogP contribution >= 0.6 is 0 Å². The number of pyridine rings is 2. The molecule has 2 N–H and O–H groups in total. The highest BCUT2D eigenvalue weighted by Crippen LogP contribution is 2.37. The average molecular weight is 367 g/mol. The molecule has 7 heteroatoms. The molecule has 0 saturated carbocycles. The second-order valence-electron chi connectivity index (χ2n) is 6.02. The highest BCUT2D eigenvalue weighted by Gasteiger charge is 2.26. The summed E-state index contributed by atoms with van der Waals surface area (Å²) in [6.07, 6.45) is 5.61. The minimum Gasteiger partial charge on any atom is -0.505 e. The van der Waals surface area contributed by atoms with Gasteiger partial charge in [0, 0.05) is 54.0 Å². The number of aromatic amines is 1. The average Bonchev–Trinajstić information content (AvgIpc) is 3.12. The zero-order valence-electron chi connectivity index (χ0n) is 14.3. The number of aromatic nitrogens is 3. The van der Waals surface area contributed by atoms with Crippen LogP contribution in [0.25, 0.3) is 22.2 Å². The quantitative estimate of drug-likeness (QED) is 0.563. The molecule has 0 aliphatic carbocycles. The number of nitrogens with one attached hydrogen (secondary N) is 1. The van der Waals surface area contributed by atoms with Crippen LogP contribution in [0.15, 0.2) is 55.1 Å². The maximum absolute atomic E-state index is 14.4. The van der Waals surface area contributed by atoms with Crippen LogP contribution < -0.4 is 0 Å². The number of nitrogens with zero attached hydrogens (tertiary/aromatic N) is 2. The van der Waals surface area contributed by atoms with E-state index < -0.39 is 23.5 Å². The monoisotopic (exact) mass is 367 g/mol. The van der Waals surface area contributed by atoms with Crippen LogP contribution in [0.1, 0.15) is 17.2 Å². The Hall–Kier alpha value is -3.32. The van der Waals surface area contributed by atoms with E-state index in [1.807, 2.05) is 18.2 Å². The fourth-order valence-electron chi connectivity index (χ4n) is 3.13. The van der Waals surface area contributed by atoms with Gasteiger partial charge in [-0.05, 0) is 24.3 Å². The molecule has 5 nitrogen and oxygen atoms in total. The van der Waals surface area contributed by atoms with E-state index >= 15 is 0 Å². The molecule has 0 amide bonds. The van der Waals surface area contributed by atoms with Crippen molar-refractivity contribution in [1.29, 1.82) is 0 Å². The van der Waals surface area contributed by atoms with Crippen molar-refractivity contribution < 1.29 is 18.6 Å². The number of H-pyrrole nitrogens is 1. The third-order valence-corrected chi connectivity index (χ3v) is 4.44. The molecule has 4 aromatic rings. The molecule has 3 heterocycles. The number of methoxy groups -OCH3 is 1. The molecule has 1 unspecified atom stereocenters. The van der Waals surface area contributed by atoms with Crippen molar-refractivity contribution in [3.8, 4) is 16.9 Å². The largest absolute Gasteiger partial charge is 0.505 e. The fourth-order valence-corrected chi connectivity index (χ4v) is 3.13. The number of benzene rings is 1. The Morgan fingerprint density at radius 1 is 1.15 bits per heavy atom. The Bertz CT molecular complexity index is 1110. The van der Waals surface area contributed by atoms with E-state index in [0.29, 0.717) is 16.6 Å². The van der Waals surface area contributed by atoms with Gasteiger partial charge >= 0.3 is 0 Å². The van der Waals surface area contributed by atoms with Crippen molar-refractivity contribution in [2.45, 2.75) is 6.10 Å². The molecule has 0 aliphatic heterocycles. The lowest BCUT2D eigenvalue weighted by atomic mass is 9.98. The van der Waals surface area contributed by atoms with Crippen LogP contribution in [-0.2, 0) is 4.74 Å². The van der Waals surface area contributed by atoms with Crippen LogP contribution in [0.5, 0.6) is 5.75 Å². The molecule has 3 aromatic heterocycles. The van der Waals surface area contributed by atoms with Gasteiger partial charge in [-0.1, -0.05) is 6.07 Å². The summed E-state index contributed by atoms with van der Waals surface area (Å²) in [5.41, 5.74) is 2.38. The van der Waals surface area contributed by atoms with Gasteiger partial charge in [-0.25, -0.2) is 13.8 Å². The van der Waals surface area contributed by atoms with Crippen LogP contribution in [0.2, 0.25) is 0 Å². The first-order valence-electron chi connectivity index (χ1n) is 8.17. The standard InChI is InChI=1S/C20H15F2N3O2/c1-27-19(17-15(21)4-5-16(26)18(17)22)14-10-25-20-13(14)7-12(9-24-20)11-3-2-6-23-8-11/h2-10,19,26H,1H3,(H,24,25). The lowest BCUT2D eigenvalue weighted by Crippen LogP contribution is -2.08. The van der Waals surface area contributed by atoms with Gasteiger partial charge < -0.3 is 14.8 Å². The third kappa shape index (κ3) is 2.92. The maximum Gasteiger partial charge on any atom is 0.173 e. The van der Waals surface area contributed by atoms with Gasteiger partial charge in [0.15, 0.2) is 11.6 Å². The van der Waals surface area contributed by atoms with Crippen LogP contribution in [0, 0.1) is 11.6 Å². The molecular formula is C20H15F2N3O2. The summed E-state index contributed by atoms with van der Waals surface area (Å²) in [6, 6.07) is 7.54. The highest BCUT2D eigenvalue weighted by molar-refractivity contribution is 5.85. The lowest BCUT2D eigenvalue weighted by molar-refractivity contribution is 0.130. The number of aromatic hydroxyl groups is 1. The molecule has 0 saturated heterocycles. The summed E-state index contributed by atoms with van der Waals surface area (Å²) in [5, 5.41) is 10.3. The van der Waals surface area contributed by atoms with Gasteiger partial charge in [0.1, 0.15) is 17.6 Å². The van der Waals surface area contributed by atoms with E-state index in [-0.39, 0.29) is 5.56 Å². The predicted molar refractivity (Wildman–Crippen MR) is 96.2 cm³/mol. The molecule has 4 rings (SSSR count). The SMILES string of the molecule is COC(c1c(F)ccc(O)c1F)c1c[nH]c2ncc(-c3cccnc3)cc12. The predicted octanol–water partition coefficient (Wildman–Crippen LogP) is 4.34. The number of hydrogen-bond acceptors (Lipinski definition) is 4. The van der Waals surface area contributed by atoms with Crippen molar-refractivity contribution in [3.05, 3.63) is 77.9 Å². The highest BCUT2D eigenvalue weighted by atomic mass is 19.1. The van der Waals surface area contributed by atoms with Gasteiger partial charge in [0.25, 0.3) is 0 Å². The van der Waals surface area contributed by atoms with Crippen LogP contribution in [-0.4, -0.2) is 27.2 Å². The number of fused-ring (bicyclic) bond motifs is 1. The number of halogens is 2. The molecule has 0 fully saturated rings. The minimum atomic E-state index is -1.06. The number of ether oxygens (including phenoxy) is 1. The zero-order chi connectivity index (χ0) is 19.0. The van der Waals surface area contributed by atoms with Crippen molar-refractivity contribution >= 4 is 11.0 Å². The number of phenolic OH excluding ortho intramolecular Hbond substituents is 1. The first-order chi connectivity index (χ1) is 13.1. The van der Waals surface area contributed by atoms with E-state index in [1.165, 1.54) is 7.11 Å². The van der Waals surface area contributed by atoms with Crippen molar-refractivity contribution in [1.82, 2.24) is 15.0 Å². The van der Waals surface area contributed by atoms with Gasteiger partial charge in [-0.2, -0.15) is 0 Å². The first kappa shape index (κ1) is 17.1. The second kappa shape index (κ2) is 6.77. The summed E-state index contributed by atoms with van der Waals surface area (Å²) in [6.45, 7) is 0. The van der Waals surface area contributed by atoms with Gasteiger partial charge in [-0.3, -0.25) is 4.98 Å². The summed E-state index contributed by atoms with van der Waals surface area (Å²) in [7, 11) is 1.35. The molecule has 0 radical (unpaired) electrons. The molecule has 27 heavy (non-hydrogen) atoms. The van der Waals surface area contributed by atoms with Crippen LogP contribution in [0.3, 0.4) is 0 Å². The molecule has 1 aromatic carbocycles. The minimum absolute atomic E-state index is 0.356. The van der Waals surface area contributed by atoms with Gasteiger partial charge in [0.05, 0.1) is 5.56 Å². The van der Waals surface area contributed by atoms with Crippen molar-refractivity contribution in [3.63, 3.8) is 0 Å². The van der Waals surface area contributed by atoms with E-state index in [4.69, 9.17) is 4.74 Å². The first-order valence-corrected chi connectivity index (χ1v) is 8.17. The molecule has 1 atom stereocenters. The van der Waals surface area contributed by atoms with Gasteiger partial charge in [-0.15, -0.1) is 0 Å². The van der Waals surface area contributed by atoms with Crippen molar-refractivity contribution in [2.75, 3.05) is 7.11 Å². The van der Waals surface area contributed by atoms with E-state index in [2.05, 4.69) is 15.0 Å². The Labute approximate surface area is 153 Å². The Morgan fingerprint density at radius 3 is 2.74 bits per heavy atom. The maximum atomic E-state index is 14.4. The molecule has 136 valence electrons. The lowest BCUT2D eigenvalue weighted by Gasteiger charge is -2.17. The third-order valence-electron chi connectivity index (χ3n) is 4.44. The van der Waals surface area contributed by atoms with Crippen molar-refractivity contribution in [2.24, 2.45) is 0 Å². The van der Waals surface area contributed by atoms with Crippen LogP contribution in [0.4, 0.5) is 8.78 Å². The Morgan fingerprint density at radius 2 is 2.00 bits per heavy atom. The summed E-state index contributed by atoms with van der Waals surface area (Å²) in [4.78, 5) is 11.5. The van der Waals surface area contributed by atoms with E-state index in [0.717, 1.165) is 23.3 Å². The summed E-state index contributed by atoms with van der Waals surface area (Å²) >= 11 is 0. The smallest absolute Gasteiger partial charge is 0.173 e. The number of hydrogen-bond donors (Lipinski definition) is 2. The summed E-state index contributed by atoms with van der Waals surface area (Å²) in [5.74, 6) is -2.49. The Kier molecular flexibility index (Phi) is 4.29. The molecule has 0 bridgehead atoms. The number of rotatable bonds is 4. The number of phenols is 1. The van der Waals surface area contributed by atoms with Gasteiger partial charge in [0.2, 0.25) is 0 Å². The molecular weight excluding hydrogens is 352 g/mol. The molecule has 0 aliphatic rings. The summed E-state index contributed by atoms with van der Waals surface area (Å²) < 4.78 is 34.2. The van der Waals surface area contributed by atoms with E-state index in [1.54, 1.807) is 24.8 Å². The van der Waals surface area contributed by atoms with E-state index in [9.17, 15) is 13.9 Å². The fraction of sp³-hybridized carbons (Fsp3) is 0.100. The normalized spacial score (nSPS) is 12.4. The topological polar surface area (TPSA) is 71.0 Å². The Balaban J connectivity index is 1.89. The molecule has 0 spiro atoms. The zero-order valence-corrected chi connectivity index (χ0v) is 14.3. The second-order valence-corrected chi connectivity index (χ2v) is 6.02.